The van der Waals surface area contributed by atoms with Gasteiger partial charge in [0.1, 0.15) is 0 Å². The van der Waals surface area contributed by atoms with Crippen LogP contribution in [0.15, 0.2) is 24.3 Å². The van der Waals surface area contributed by atoms with E-state index in [0.29, 0.717) is 12.1 Å². The maximum Gasteiger partial charge on any atom is 0.244 e. The lowest BCUT2D eigenvalue weighted by Gasteiger charge is -2.26. The zero-order chi connectivity index (χ0) is 11.1. The zero-order valence-electron chi connectivity index (χ0n) is 9.28. The van der Waals surface area contributed by atoms with E-state index in [-0.39, 0.29) is 5.91 Å². The lowest BCUT2D eigenvalue weighted by molar-refractivity contribution is -0.117. The van der Waals surface area contributed by atoms with Gasteiger partial charge in [-0.25, -0.2) is 0 Å². The standard InChI is InChI=1S/C12H20N2O/c1-2-3-4-5-12(15)14-11-8-6-10(13)7-9-11/h2-5,10-11H,6-9,13H2,1H3,(H,14,15). The van der Waals surface area contributed by atoms with Crippen LogP contribution >= 0.6 is 0 Å². The molecule has 3 nitrogen and oxygen atoms in total. The molecule has 0 aromatic rings. The molecule has 1 fully saturated rings. The Balaban J connectivity index is 2.26. The van der Waals surface area contributed by atoms with Crippen LogP contribution in [0.5, 0.6) is 0 Å². The molecular weight excluding hydrogens is 188 g/mol. The monoisotopic (exact) mass is 208 g/mol. The molecule has 3 heteroatoms. The van der Waals surface area contributed by atoms with Crippen LogP contribution in [-0.2, 0) is 4.79 Å². The first-order valence-electron chi connectivity index (χ1n) is 5.58. The Morgan fingerprint density at radius 2 is 1.93 bits per heavy atom. The number of carbonyl (C=O) groups is 1. The molecule has 3 N–H and O–H groups in total. The summed E-state index contributed by atoms with van der Waals surface area (Å²) in [5.41, 5.74) is 5.79. The summed E-state index contributed by atoms with van der Waals surface area (Å²) >= 11 is 0. The topological polar surface area (TPSA) is 55.1 Å². The fourth-order valence-electron chi connectivity index (χ4n) is 1.77. The summed E-state index contributed by atoms with van der Waals surface area (Å²) in [5, 5.41) is 2.98. The summed E-state index contributed by atoms with van der Waals surface area (Å²) in [4.78, 5) is 11.4. The van der Waals surface area contributed by atoms with Crippen molar-refractivity contribution in [1.82, 2.24) is 5.32 Å². The smallest absolute Gasteiger partial charge is 0.244 e. The van der Waals surface area contributed by atoms with Crippen molar-refractivity contribution >= 4 is 5.91 Å². The number of rotatable bonds is 3. The molecule has 84 valence electrons. The van der Waals surface area contributed by atoms with Gasteiger partial charge >= 0.3 is 0 Å². The molecule has 0 heterocycles. The van der Waals surface area contributed by atoms with E-state index in [1.165, 1.54) is 0 Å². The maximum absolute atomic E-state index is 11.4. The quantitative estimate of drug-likeness (QED) is 0.545. The zero-order valence-corrected chi connectivity index (χ0v) is 9.28. The summed E-state index contributed by atoms with van der Waals surface area (Å²) in [6.07, 6.45) is 11.1. The van der Waals surface area contributed by atoms with Crippen molar-refractivity contribution in [2.45, 2.75) is 44.7 Å². The average molecular weight is 208 g/mol. The molecule has 0 bridgehead atoms. The van der Waals surface area contributed by atoms with E-state index >= 15 is 0 Å². The summed E-state index contributed by atoms with van der Waals surface area (Å²) in [6, 6.07) is 0.643. The molecule has 0 aromatic carbocycles. The minimum Gasteiger partial charge on any atom is -0.350 e. The Labute approximate surface area is 91.4 Å². The van der Waals surface area contributed by atoms with Crippen LogP contribution in [-0.4, -0.2) is 18.0 Å². The third-order valence-corrected chi connectivity index (χ3v) is 2.67. The van der Waals surface area contributed by atoms with E-state index in [2.05, 4.69) is 5.32 Å². The summed E-state index contributed by atoms with van der Waals surface area (Å²) in [7, 11) is 0. The minimum atomic E-state index is -0.00595. The molecular formula is C12H20N2O. The number of amides is 1. The molecule has 1 amide bonds. The predicted octanol–water partition coefficient (Wildman–Crippen LogP) is 1.50. The molecule has 1 aliphatic rings. The highest BCUT2D eigenvalue weighted by molar-refractivity contribution is 5.87. The van der Waals surface area contributed by atoms with E-state index in [1.54, 1.807) is 12.2 Å². The van der Waals surface area contributed by atoms with Crippen LogP contribution in [0.2, 0.25) is 0 Å². The lowest BCUT2D eigenvalue weighted by atomic mass is 9.92. The van der Waals surface area contributed by atoms with Gasteiger partial charge in [-0.1, -0.05) is 18.2 Å². The number of nitrogens with two attached hydrogens (primary N) is 1. The molecule has 15 heavy (non-hydrogen) atoms. The molecule has 0 aromatic heterocycles. The Kier molecular flexibility index (Phi) is 5.12. The van der Waals surface area contributed by atoms with Crippen LogP contribution in [0, 0.1) is 0 Å². The van der Waals surface area contributed by atoms with Crippen molar-refractivity contribution in [2.24, 2.45) is 5.73 Å². The second kappa shape index (κ2) is 6.40. The molecule has 0 aliphatic heterocycles. The number of carbonyl (C=O) groups excluding carboxylic acids is 1. The van der Waals surface area contributed by atoms with Gasteiger partial charge in [0.2, 0.25) is 5.91 Å². The Bertz CT molecular complexity index is 250. The van der Waals surface area contributed by atoms with Crippen molar-refractivity contribution in [3.05, 3.63) is 24.3 Å². The van der Waals surface area contributed by atoms with Gasteiger partial charge in [-0.2, -0.15) is 0 Å². The lowest BCUT2D eigenvalue weighted by Crippen LogP contribution is -2.39. The summed E-state index contributed by atoms with van der Waals surface area (Å²) in [6.45, 7) is 1.92. The second-order valence-electron chi connectivity index (χ2n) is 4.01. The van der Waals surface area contributed by atoms with Crippen molar-refractivity contribution in [1.29, 1.82) is 0 Å². The Morgan fingerprint density at radius 1 is 1.27 bits per heavy atom. The van der Waals surface area contributed by atoms with Gasteiger partial charge in [-0.05, 0) is 32.6 Å². The van der Waals surface area contributed by atoms with Crippen molar-refractivity contribution in [2.75, 3.05) is 0 Å². The van der Waals surface area contributed by atoms with Gasteiger partial charge in [0.25, 0.3) is 0 Å². The van der Waals surface area contributed by atoms with E-state index < -0.39 is 0 Å². The van der Waals surface area contributed by atoms with Gasteiger partial charge in [0.05, 0.1) is 0 Å². The maximum atomic E-state index is 11.4. The summed E-state index contributed by atoms with van der Waals surface area (Å²) in [5.74, 6) is -0.00595. The van der Waals surface area contributed by atoms with Crippen LogP contribution in [0.3, 0.4) is 0 Å². The van der Waals surface area contributed by atoms with Crippen molar-refractivity contribution in [3.63, 3.8) is 0 Å². The highest BCUT2D eigenvalue weighted by Crippen LogP contribution is 2.16. The van der Waals surface area contributed by atoms with Crippen LogP contribution in [0.25, 0.3) is 0 Å². The van der Waals surface area contributed by atoms with E-state index in [1.807, 2.05) is 19.1 Å². The average Bonchev–Trinajstić information content (AvgIpc) is 2.22. The SMILES string of the molecule is CC=CC=CC(=O)NC1CCC(N)CC1. The normalized spacial score (nSPS) is 27.3. The molecule has 0 atom stereocenters. The highest BCUT2D eigenvalue weighted by atomic mass is 16.1. The summed E-state index contributed by atoms with van der Waals surface area (Å²) < 4.78 is 0. The Morgan fingerprint density at radius 3 is 2.53 bits per heavy atom. The van der Waals surface area contributed by atoms with Crippen LogP contribution in [0.4, 0.5) is 0 Å². The first-order valence-corrected chi connectivity index (χ1v) is 5.58. The number of hydrogen-bond acceptors (Lipinski definition) is 2. The van der Waals surface area contributed by atoms with Crippen LogP contribution < -0.4 is 11.1 Å². The largest absolute Gasteiger partial charge is 0.350 e. The molecule has 0 spiro atoms. The van der Waals surface area contributed by atoms with E-state index in [9.17, 15) is 4.79 Å². The van der Waals surface area contributed by atoms with Gasteiger partial charge in [0.15, 0.2) is 0 Å². The molecule has 1 saturated carbocycles. The number of allylic oxidation sites excluding steroid dienone is 3. The van der Waals surface area contributed by atoms with Gasteiger partial charge < -0.3 is 11.1 Å². The van der Waals surface area contributed by atoms with Crippen molar-refractivity contribution < 1.29 is 4.79 Å². The van der Waals surface area contributed by atoms with E-state index in [4.69, 9.17) is 5.73 Å². The third-order valence-electron chi connectivity index (χ3n) is 2.67. The van der Waals surface area contributed by atoms with Gasteiger partial charge in [-0.3, -0.25) is 4.79 Å². The van der Waals surface area contributed by atoms with E-state index in [0.717, 1.165) is 25.7 Å². The fourth-order valence-corrected chi connectivity index (χ4v) is 1.77. The van der Waals surface area contributed by atoms with Crippen molar-refractivity contribution in [3.8, 4) is 0 Å². The third kappa shape index (κ3) is 4.79. The van der Waals surface area contributed by atoms with Gasteiger partial charge in [0, 0.05) is 18.2 Å². The van der Waals surface area contributed by atoms with Crippen LogP contribution in [0.1, 0.15) is 32.6 Å². The first-order chi connectivity index (χ1) is 7.22. The number of nitrogens with one attached hydrogen (secondary N) is 1. The molecule has 1 aliphatic carbocycles. The fraction of sp³-hybridized carbons (Fsp3) is 0.583. The first kappa shape index (κ1) is 12.0. The molecule has 0 unspecified atom stereocenters. The predicted molar refractivity (Wildman–Crippen MR) is 62.3 cm³/mol. The minimum absolute atomic E-state index is 0.00595. The van der Waals surface area contributed by atoms with Gasteiger partial charge in [-0.15, -0.1) is 0 Å². The Hall–Kier alpha value is -1.09. The molecule has 1 rings (SSSR count). The number of hydrogen-bond donors (Lipinski definition) is 2. The second-order valence-corrected chi connectivity index (χ2v) is 4.01. The highest BCUT2D eigenvalue weighted by Gasteiger charge is 2.18. The molecule has 0 radical (unpaired) electrons. The molecule has 0 saturated heterocycles.